The van der Waals surface area contributed by atoms with Crippen molar-refractivity contribution in [2.45, 2.75) is 13.0 Å². The maximum absolute atomic E-state index is 10.9. The Kier molecular flexibility index (Phi) is 3.46. The number of hydrogen-bond donors (Lipinski definition) is 3. The molecule has 2 aromatic carbocycles. The smallest absolute Gasteiger partial charge is 0.221 e. The molecule has 0 unspecified atom stereocenters. The molecule has 0 spiro atoms. The largest absolute Gasteiger partial charge is 0.369 e. The van der Waals surface area contributed by atoms with Gasteiger partial charge in [0.05, 0.1) is 6.42 Å². The zero-order valence-corrected chi connectivity index (χ0v) is 11.6. The van der Waals surface area contributed by atoms with E-state index in [-0.39, 0.29) is 12.3 Å². The summed E-state index contributed by atoms with van der Waals surface area (Å²) < 4.78 is 0. The maximum atomic E-state index is 10.9. The molecule has 0 radical (unpaired) electrons. The molecule has 0 saturated heterocycles. The quantitative estimate of drug-likeness (QED) is 0.684. The molecule has 0 atom stereocenters. The fourth-order valence-corrected chi connectivity index (χ4v) is 2.47. The number of fused-ring (bicyclic) bond motifs is 1. The minimum absolute atomic E-state index is 0.271. The summed E-state index contributed by atoms with van der Waals surface area (Å²) in [5.41, 5.74) is 16.1. The van der Waals surface area contributed by atoms with E-state index >= 15 is 0 Å². The molecule has 0 bridgehead atoms. The highest BCUT2D eigenvalue weighted by Gasteiger charge is 2.05. The lowest BCUT2D eigenvalue weighted by Crippen LogP contribution is -2.13. The Morgan fingerprint density at radius 2 is 1.71 bits per heavy atom. The molecular formula is C17H17N3O. The van der Waals surface area contributed by atoms with Gasteiger partial charge in [0.2, 0.25) is 5.91 Å². The Hall–Kier alpha value is -2.59. The van der Waals surface area contributed by atoms with Crippen molar-refractivity contribution >= 4 is 16.8 Å². The van der Waals surface area contributed by atoms with Gasteiger partial charge in [0.1, 0.15) is 0 Å². The number of H-pyrrole nitrogens is 1. The average Bonchev–Trinajstić information content (AvgIpc) is 2.90. The summed E-state index contributed by atoms with van der Waals surface area (Å²) in [7, 11) is 0. The molecule has 3 rings (SSSR count). The molecule has 4 heteroatoms. The van der Waals surface area contributed by atoms with E-state index in [0.717, 1.165) is 33.3 Å². The second-order valence-corrected chi connectivity index (χ2v) is 5.15. The lowest BCUT2D eigenvalue weighted by Gasteiger charge is -2.00. The number of primary amides is 1. The Labute approximate surface area is 122 Å². The van der Waals surface area contributed by atoms with E-state index in [1.165, 1.54) is 0 Å². The van der Waals surface area contributed by atoms with Crippen molar-refractivity contribution < 1.29 is 4.79 Å². The topological polar surface area (TPSA) is 84.9 Å². The molecule has 1 heterocycles. The van der Waals surface area contributed by atoms with E-state index in [4.69, 9.17) is 11.5 Å². The van der Waals surface area contributed by atoms with Crippen molar-refractivity contribution in [1.29, 1.82) is 0 Å². The van der Waals surface area contributed by atoms with Crippen molar-refractivity contribution in [3.63, 3.8) is 0 Å². The van der Waals surface area contributed by atoms with Gasteiger partial charge < -0.3 is 16.5 Å². The zero-order valence-electron chi connectivity index (χ0n) is 11.6. The molecule has 0 saturated carbocycles. The van der Waals surface area contributed by atoms with Crippen molar-refractivity contribution in [2.75, 3.05) is 0 Å². The maximum Gasteiger partial charge on any atom is 0.221 e. The first-order valence-electron chi connectivity index (χ1n) is 6.85. The fraction of sp³-hybridized carbons (Fsp3) is 0.118. The van der Waals surface area contributed by atoms with Gasteiger partial charge in [-0.25, -0.2) is 0 Å². The third-order valence-corrected chi connectivity index (χ3v) is 3.56. The van der Waals surface area contributed by atoms with Gasteiger partial charge in [0.25, 0.3) is 0 Å². The molecule has 0 fully saturated rings. The van der Waals surface area contributed by atoms with Crippen LogP contribution in [0.1, 0.15) is 11.1 Å². The predicted molar refractivity (Wildman–Crippen MR) is 84.5 cm³/mol. The van der Waals surface area contributed by atoms with Crippen LogP contribution < -0.4 is 11.5 Å². The molecule has 0 aliphatic carbocycles. The molecule has 4 nitrogen and oxygen atoms in total. The van der Waals surface area contributed by atoms with Crippen LogP contribution in [0.25, 0.3) is 22.2 Å². The number of aromatic amines is 1. The van der Waals surface area contributed by atoms with Crippen molar-refractivity contribution in [3.8, 4) is 11.3 Å². The number of carbonyl (C=O) groups is 1. The minimum Gasteiger partial charge on any atom is -0.369 e. The molecule has 0 aliphatic rings. The number of amides is 1. The van der Waals surface area contributed by atoms with E-state index in [1.807, 2.05) is 36.4 Å². The molecule has 1 aromatic heterocycles. The first-order valence-corrected chi connectivity index (χ1v) is 6.85. The summed E-state index contributed by atoms with van der Waals surface area (Å²) in [6.07, 6.45) is 0.271. The number of benzene rings is 2. The lowest BCUT2D eigenvalue weighted by atomic mass is 10.1. The van der Waals surface area contributed by atoms with Crippen molar-refractivity contribution in [3.05, 3.63) is 59.7 Å². The number of aromatic nitrogens is 1. The minimum atomic E-state index is -0.317. The van der Waals surface area contributed by atoms with Crippen LogP contribution in [-0.4, -0.2) is 10.9 Å². The van der Waals surface area contributed by atoms with Crippen LogP contribution in [0.2, 0.25) is 0 Å². The fourth-order valence-electron chi connectivity index (χ4n) is 2.47. The van der Waals surface area contributed by atoms with Gasteiger partial charge >= 0.3 is 0 Å². The summed E-state index contributed by atoms with van der Waals surface area (Å²) >= 11 is 0. The van der Waals surface area contributed by atoms with Crippen LogP contribution in [0.3, 0.4) is 0 Å². The first kappa shape index (κ1) is 13.4. The van der Waals surface area contributed by atoms with Gasteiger partial charge in [-0.3, -0.25) is 4.79 Å². The third-order valence-electron chi connectivity index (χ3n) is 3.56. The summed E-state index contributed by atoms with van der Waals surface area (Å²) in [5.74, 6) is -0.317. The van der Waals surface area contributed by atoms with E-state index in [1.54, 1.807) is 0 Å². The molecular weight excluding hydrogens is 262 g/mol. The Balaban J connectivity index is 1.94. The molecule has 3 aromatic rings. The summed E-state index contributed by atoms with van der Waals surface area (Å²) in [4.78, 5) is 14.3. The molecule has 106 valence electrons. The van der Waals surface area contributed by atoms with Crippen LogP contribution in [0.15, 0.2) is 48.5 Å². The molecule has 0 aliphatic heterocycles. The van der Waals surface area contributed by atoms with Crippen LogP contribution in [-0.2, 0) is 17.8 Å². The summed E-state index contributed by atoms with van der Waals surface area (Å²) in [6.45, 7) is 0.540. The van der Waals surface area contributed by atoms with Gasteiger partial charge in [0.15, 0.2) is 0 Å². The number of hydrogen-bond acceptors (Lipinski definition) is 2. The van der Waals surface area contributed by atoms with Crippen LogP contribution >= 0.6 is 0 Å². The van der Waals surface area contributed by atoms with Gasteiger partial charge in [0, 0.05) is 23.1 Å². The zero-order chi connectivity index (χ0) is 14.8. The third kappa shape index (κ3) is 2.80. The van der Waals surface area contributed by atoms with E-state index in [2.05, 4.69) is 17.1 Å². The molecule has 5 N–H and O–H groups in total. The van der Waals surface area contributed by atoms with Crippen LogP contribution in [0, 0.1) is 0 Å². The number of rotatable bonds is 4. The van der Waals surface area contributed by atoms with E-state index < -0.39 is 0 Å². The Morgan fingerprint density at radius 1 is 1.00 bits per heavy atom. The SMILES string of the molecule is NCc1ccc2[nH]c(-c3ccc(CC(N)=O)cc3)cc2c1. The lowest BCUT2D eigenvalue weighted by molar-refractivity contribution is -0.117. The van der Waals surface area contributed by atoms with Crippen molar-refractivity contribution in [1.82, 2.24) is 4.98 Å². The van der Waals surface area contributed by atoms with E-state index in [9.17, 15) is 4.79 Å². The van der Waals surface area contributed by atoms with Gasteiger partial charge in [-0.2, -0.15) is 0 Å². The Morgan fingerprint density at radius 3 is 2.38 bits per heavy atom. The van der Waals surface area contributed by atoms with E-state index in [0.29, 0.717) is 6.54 Å². The monoisotopic (exact) mass is 279 g/mol. The highest BCUT2D eigenvalue weighted by atomic mass is 16.1. The second-order valence-electron chi connectivity index (χ2n) is 5.15. The highest BCUT2D eigenvalue weighted by molar-refractivity contribution is 5.86. The number of nitrogens with one attached hydrogen (secondary N) is 1. The highest BCUT2D eigenvalue weighted by Crippen LogP contribution is 2.25. The summed E-state index contributed by atoms with van der Waals surface area (Å²) in [6, 6.07) is 16.1. The molecule has 1 amide bonds. The normalized spacial score (nSPS) is 10.9. The van der Waals surface area contributed by atoms with Gasteiger partial charge in [-0.05, 0) is 34.9 Å². The number of carbonyl (C=O) groups excluding carboxylic acids is 1. The summed E-state index contributed by atoms with van der Waals surface area (Å²) in [5, 5.41) is 1.15. The first-order chi connectivity index (χ1) is 10.2. The van der Waals surface area contributed by atoms with Gasteiger partial charge in [-0.15, -0.1) is 0 Å². The van der Waals surface area contributed by atoms with Crippen LogP contribution in [0.5, 0.6) is 0 Å². The second kappa shape index (κ2) is 5.42. The number of nitrogens with two attached hydrogens (primary N) is 2. The average molecular weight is 279 g/mol. The Bertz CT molecular complexity index is 787. The van der Waals surface area contributed by atoms with Crippen LogP contribution in [0.4, 0.5) is 0 Å². The molecule has 21 heavy (non-hydrogen) atoms. The predicted octanol–water partition coefficient (Wildman–Crippen LogP) is 2.32. The standard InChI is InChI=1S/C17H17N3O/c18-10-12-3-6-15-14(7-12)9-16(20-15)13-4-1-11(2-5-13)8-17(19)21/h1-7,9,20H,8,10,18H2,(H2,19,21). The van der Waals surface area contributed by atoms with Crippen molar-refractivity contribution in [2.24, 2.45) is 11.5 Å². The van der Waals surface area contributed by atoms with Gasteiger partial charge in [-0.1, -0.05) is 30.3 Å².